The number of aromatic nitrogens is 2. The summed E-state index contributed by atoms with van der Waals surface area (Å²) in [6, 6.07) is 11.5. The molecule has 0 bridgehead atoms. The molecule has 0 aliphatic heterocycles. The molecule has 2 heterocycles. The van der Waals surface area contributed by atoms with Gasteiger partial charge in [-0.3, -0.25) is 9.59 Å². The lowest BCUT2D eigenvalue weighted by Crippen LogP contribution is -2.14. The van der Waals surface area contributed by atoms with Crippen LogP contribution in [0.4, 0.5) is 15.2 Å². The van der Waals surface area contributed by atoms with E-state index in [1.165, 1.54) is 58.7 Å². The van der Waals surface area contributed by atoms with Crippen molar-refractivity contribution in [2.24, 2.45) is 0 Å². The Kier molecular flexibility index (Phi) is 6.59. The first-order valence-corrected chi connectivity index (χ1v) is 11.9. The summed E-state index contributed by atoms with van der Waals surface area (Å²) in [7, 11) is 0. The maximum atomic E-state index is 12.9. The maximum Gasteiger partial charge on any atom is 0.234 e. The van der Waals surface area contributed by atoms with Crippen molar-refractivity contribution in [2.75, 3.05) is 16.4 Å². The molecule has 0 unspecified atom stereocenters. The van der Waals surface area contributed by atoms with Crippen molar-refractivity contribution in [3.8, 4) is 0 Å². The van der Waals surface area contributed by atoms with E-state index in [0.717, 1.165) is 15.8 Å². The Bertz CT molecular complexity index is 1240. The zero-order valence-electron chi connectivity index (χ0n) is 16.3. The van der Waals surface area contributed by atoms with Gasteiger partial charge in [0.1, 0.15) is 5.82 Å². The quantitative estimate of drug-likeness (QED) is 0.365. The first kappa shape index (κ1) is 21.4. The second-order valence-corrected chi connectivity index (χ2v) is 9.73. The van der Waals surface area contributed by atoms with Crippen LogP contribution >= 0.6 is 34.4 Å². The van der Waals surface area contributed by atoms with Crippen LogP contribution in [0.2, 0.25) is 0 Å². The van der Waals surface area contributed by atoms with Crippen LogP contribution < -0.4 is 10.6 Å². The Morgan fingerprint density at radius 1 is 1.06 bits per heavy atom. The van der Waals surface area contributed by atoms with Crippen molar-refractivity contribution < 1.29 is 14.0 Å². The minimum Gasteiger partial charge on any atom is -0.325 e. The van der Waals surface area contributed by atoms with E-state index >= 15 is 0 Å². The van der Waals surface area contributed by atoms with Crippen LogP contribution in [-0.2, 0) is 16.0 Å². The topological polar surface area (TPSA) is 84.0 Å². The number of halogens is 1. The van der Waals surface area contributed by atoms with Crippen molar-refractivity contribution >= 4 is 67.3 Å². The molecule has 31 heavy (non-hydrogen) atoms. The summed E-state index contributed by atoms with van der Waals surface area (Å²) in [5.74, 6) is -0.587. The number of rotatable bonds is 7. The first-order chi connectivity index (χ1) is 15.0. The SMILES string of the molecule is Cc1cccc2sc(NC(=O)Cc3csc(SCC(=O)Nc4ccc(F)cc4)n3)nc12. The predicted octanol–water partition coefficient (Wildman–Crippen LogP) is 5.11. The fourth-order valence-corrected chi connectivity index (χ4v) is 5.37. The number of para-hydroxylation sites is 1. The van der Waals surface area contributed by atoms with Crippen LogP contribution in [0.1, 0.15) is 11.3 Å². The number of hydrogen-bond acceptors (Lipinski definition) is 7. The van der Waals surface area contributed by atoms with Crippen LogP contribution in [0.15, 0.2) is 52.2 Å². The summed E-state index contributed by atoms with van der Waals surface area (Å²) in [6.45, 7) is 1.99. The molecule has 0 fully saturated rings. The summed E-state index contributed by atoms with van der Waals surface area (Å²) in [4.78, 5) is 33.3. The molecule has 4 rings (SSSR count). The van der Waals surface area contributed by atoms with Crippen molar-refractivity contribution in [1.29, 1.82) is 0 Å². The lowest BCUT2D eigenvalue weighted by atomic mass is 10.2. The Labute approximate surface area is 189 Å². The van der Waals surface area contributed by atoms with Crippen LogP contribution in [0, 0.1) is 12.7 Å². The summed E-state index contributed by atoms with van der Waals surface area (Å²) in [5, 5.41) is 7.91. The molecule has 10 heteroatoms. The van der Waals surface area contributed by atoms with Crippen molar-refractivity contribution in [2.45, 2.75) is 17.7 Å². The lowest BCUT2D eigenvalue weighted by molar-refractivity contribution is -0.116. The van der Waals surface area contributed by atoms with E-state index in [1.54, 1.807) is 0 Å². The van der Waals surface area contributed by atoms with Gasteiger partial charge in [-0.15, -0.1) is 11.3 Å². The summed E-state index contributed by atoms with van der Waals surface area (Å²) >= 11 is 4.11. The molecular weight excluding hydrogens is 455 g/mol. The molecule has 158 valence electrons. The third-order valence-electron chi connectivity index (χ3n) is 4.19. The van der Waals surface area contributed by atoms with E-state index < -0.39 is 0 Å². The minimum absolute atomic E-state index is 0.133. The zero-order valence-corrected chi connectivity index (χ0v) is 18.8. The van der Waals surface area contributed by atoms with Crippen molar-refractivity contribution in [3.63, 3.8) is 0 Å². The average Bonchev–Trinajstić information content (AvgIpc) is 3.35. The third-order valence-corrected chi connectivity index (χ3v) is 7.20. The minimum atomic E-state index is -0.357. The van der Waals surface area contributed by atoms with Crippen LogP contribution in [0.3, 0.4) is 0 Å². The molecule has 0 atom stereocenters. The van der Waals surface area contributed by atoms with Crippen molar-refractivity contribution in [3.05, 3.63) is 64.9 Å². The molecule has 0 radical (unpaired) electrons. The monoisotopic (exact) mass is 472 g/mol. The number of nitrogens with zero attached hydrogens (tertiary/aromatic N) is 2. The number of aryl methyl sites for hydroxylation is 1. The van der Waals surface area contributed by atoms with E-state index in [1.807, 2.05) is 30.5 Å². The van der Waals surface area contributed by atoms with Gasteiger partial charge in [0, 0.05) is 11.1 Å². The van der Waals surface area contributed by atoms with Gasteiger partial charge in [-0.1, -0.05) is 35.2 Å². The van der Waals surface area contributed by atoms with E-state index in [9.17, 15) is 14.0 Å². The molecule has 6 nitrogen and oxygen atoms in total. The van der Waals surface area contributed by atoms with E-state index in [2.05, 4.69) is 20.6 Å². The Morgan fingerprint density at radius 3 is 2.65 bits per heavy atom. The van der Waals surface area contributed by atoms with Gasteiger partial charge in [0.2, 0.25) is 11.8 Å². The smallest absolute Gasteiger partial charge is 0.234 e. The van der Waals surface area contributed by atoms with Crippen LogP contribution in [0.5, 0.6) is 0 Å². The second kappa shape index (κ2) is 9.54. The van der Waals surface area contributed by atoms with Crippen molar-refractivity contribution in [1.82, 2.24) is 9.97 Å². The van der Waals surface area contributed by atoms with Gasteiger partial charge in [-0.05, 0) is 42.8 Å². The maximum absolute atomic E-state index is 12.9. The first-order valence-electron chi connectivity index (χ1n) is 9.25. The normalized spacial score (nSPS) is 10.9. The summed E-state index contributed by atoms with van der Waals surface area (Å²) < 4.78 is 14.6. The highest BCUT2D eigenvalue weighted by atomic mass is 32.2. The number of hydrogen-bond donors (Lipinski definition) is 2. The molecule has 0 spiro atoms. The molecule has 0 saturated carbocycles. The molecule has 2 amide bonds. The number of thioether (sulfide) groups is 1. The van der Waals surface area contributed by atoms with E-state index in [0.29, 0.717) is 20.9 Å². The van der Waals surface area contributed by atoms with Gasteiger partial charge in [0.25, 0.3) is 0 Å². The van der Waals surface area contributed by atoms with Gasteiger partial charge < -0.3 is 10.6 Å². The lowest BCUT2D eigenvalue weighted by Gasteiger charge is -2.03. The highest BCUT2D eigenvalue weighted by molar-refractivity contribution is 8.01. The van der Waals surface area contributed by atoms with Gasteiger partial charge in [-0.25, -0.2) is 14.4 Å². The number of amides is 2. The molecule has 2 aromatic carbocycles. The standard InChI is InChI=1S/C21H17FN4O2S3/c1-12-3-2-4-16-19(12)26-20(31-16)25-17(27)9-15-10-29-21(24-15)30-11-18(28)23-14-7-5-13(22)6-8-14/h2-8,10H,9,11H2,1H3,(H,23,28)(H,25,26,27). The van der Waals surface area contributed by atoms with Crippen LogP contribution in [0.25, 0.3) is 10.2 Å². The number of nitrogens with one attached hydrogen (secondary N) is 2. The van der Waals surface area contributed by atoms with Gasteiger partial charge >= 0.3 is 0 Å². The fraction of sp³-hybridized carbons (Fsp3) is 0.143. The van der Waals surface area contributed by atoms with Crippen LogP contribution in [-0.4, -0.2) is 27.5 Å². The van der Waals surface area contributed by atoms with E-state index in [4.69, 9.17) is 0 Å². The number of benzene rings is 2. The highest BCUT2D eigenvalue weighted by Crippen LogP contribution is 2.28. The highest BCUT2D eigenvalue weighted by Gasteiger charge is 2.13. The largest absolute Gasteiger partial charge is 0.325 e. The number of thiazole rings is 2. The molecular formula is C21H17FN4O2S3. The van der Waals surface area contributed by atoms with Gasteiger partial charge in [-0.2, -0.15) is 0 Å². The van der Waals surface area contributed by atoms with Gasteiger partial charge in [0.05, 0.1) is 28.1 Å². The number of carbonyl (C=O) groups is 2. The second-order valence-electron chi connectivity index (χ2n) is 6.61. The average molecular weight is 473 g/mol. The Balaban J connectivity index is 1.28. The number of anilines is 2. The molecule has 0 saturated heterocycles. The Morgan fingerprint density at radius 2 is 1.87 bits per heavy atom. The summed E-state index contributed by atoms with van der Waals surface area (Å²) in [6.07, 6.45) is 0.133. The third kappa shape index (κ3) is 5.66. The number of carbonyl (C=O) groups excluding carboxylic acids is 2. The van der Waals surface area contributed by atoms with E-state index in [-0.39, 0.29) is 29.8 Å². The predicted molar refractivity (Wildman–Crippen MR) is 125 cm³/mol. The Hall–Kier alpha value is -2.82. The number of fused-ring (bicyclic) bond motifs is 1. The molecule has 0 aliphatic rings. The molecule has 2 N–H and O–H groups in total. The molecule has 0 aliphatic carbocycles. The fourth-order valence-electron chi connectivity index (χ4n) is 2.76. The molecule has 4 aromatic rings. The van der Waals surface area contributed by atoms with Gasteiger partial charge in [0.15, 0.2) is 9.47 Å². The zero-order chi connectivity index (χ0) is 21.8. The summed E-state index contributed by atoms with van der Waals surface area (Å²) in [5.41, 5.74) is 3.14. The molecule has 2 aromatic heterocycles.